The van der Waals surface area contributed by atoms with Gasteiger partial charge in [-0.3, -0.25) is 4.90 Å². The predicted octanol–water partition coefficient (Wildman–Crippen LogP) is 2.58. The van der Waals surface area contributed by atoms with Gasteiger partial charge in [0.2, 0.25) is 0 Å². The van der Waals surface area contributed by atoms with E-state index in [1.54, 1.807) is 0 Å². The molecule has 2 aliphatic rings. The van der Waals surface area contributed by atoms with Crippen LogP contribution >= 0.6 is 0 Å². The van der Waals surface area contributed by atoms with Crippen LogP contribution in [0, 0.1) is 0 Å². The Morgan fingerprint density at radius 1 is 1.21 bits per heavy atom. The average molecular weight is 260 g/mol. The van der Waals surface area contributed by atoms with E-state index < -0.39 is 0 Å². The monoisotopic (exact) mass is 260 g/mol. The Bertz CT molecular complexity index is 436. The molecule has 0 amide bonds. The molecule has 3 heteroatoms. The van der Waals surface area contributed by atoms with Crippen LogP contribution < -0.4 is 10.1 Å². The number of hydrogen-bond donors (Lipinski definition) is 1. The van der Waals surface area contributed by atoms with E-state index >= 15 is 0 Å². The topological polar surface area (TPSA) is 24.5 Å². The van der Waals surface area contributed by atoms with Crippen molar-refractivity contribution in [2.75, 3.05) is 26.2 Å². The lowest BCUT2D eigenvalue weighted by atomic mass is 9.88. The van der Waals surface area contributed by atoms with E-state index in [1.165, 1.54) is 18.5 Å². The highest BCUT2D eigenvalue weighted by Crippen LogP contribution is 2.42. The molecule has 1 fully saturated rings. The first kappa shape index (κ1) is 12.9. The van der Waals surface area contributed by atoms with Crippen LogP contribution in [0.2, 0.25) is 0 Å². The molecule has 3 nitrogen and oxygen atoms in total. The lowest BCUT2D eigenvalue weighted by Crippen LogP contribution is -2.42. The van der Waals surface area contributed by atoms with Gasteiger partial charge in [0.15, 0.2) is 0 Å². The number of ether oxygens (including phenoxy) is 1. The zero-order valence-electron chi connectivity index (χ0n) is 12.0. The Balaban J connectivity index is 1.91. The average Bonchev–Trinajstić information content (AvgIpc) is 2.65. The van der Waals surface area contributed by atoms with Crippen LogP contribution in [0.3, 0.4) is 0 Å². The number of hydrogen-bond acceptors (Lipinski definition) is 3. The maximum Gasteiger partial charge on any atom is 0.124 e. The van der Waals surface area contributed by atoms with Crippen molar-refractivity contribution in [1.29, 1.82) is 0 Å². The van der Waals surface area contributed by atoms with Crippen molar-refractivity contribution in [3.8, 4) is 5.75 Å². The van der Waals surface area contributed by atoms with E-state index in [0.29, 0.717) is 6.04 Å². The number of fused-ring (bicyclic) bond motifs is 1. The van der Waals surface area contributed by atoms with E-state index in [0.717, 1.165) is 31.8 Å². The van der Waals surface area contributed by atoms with Gasteiger partial charge in [0.05, 0.1) is 0 Å². The zero-order chi connectivity index (χ0) is 13.3. The second-order valence-electron chi connectivity index (χ2n) is 6.26. The van der Waals surface area contributed by atoms with Crippen molar-refractivity contribution in [3.63, 3.8) is 0 Å². The van der Waals surface area contributed by atoms with Crippen LogP contribution in [-0.4, -0.2) is 36.7 Å². The number of nitrogens with zero attached hydrogens (tertiary/aromatic N) is 1. The quantitative estimate of drug-likeness (QED) is 0.840. The predicted molar refractivity (Wildman–Crippen MR) is 77.6 cm³/mol. The molecule has 0 spiro atoms. The molecular formula is C16H24N2O. The van der Waals surface area contributed by atoms with Gasteiger partial charge in [-0.1, -0.05) is 18.2 Å². The van der Waals surface area contributed by atoms with Gasteiger partial charge in [-0.15, -0.1) is 0 Å². The third kappa shape index (κ3) is 2.77. The third-order valence-electron chi connectivity index (χ3n) is 4.16. The smallest absolute Gasteiger partial charge is 0.124 e. The highest BCUT2D eigenvalue weighted by Gasteiger charge is 2.36. The number of para-hydroxylation sites is 1. The minimum Gasteiger partial charge on any atom is -0.487 e. The third-order valence-corrected chi connectivity index (χ3v) is 4.16. The highest BCUT2D eigenvalue weighted by molar-refractivity contribution is 5.38. The molecule has 19 heavy (non-hydrogen) atoms. The summed E-state index contributed by atoms with van der Waals surface area (Å²) in [5, 5.41) is 3.49. The molecule has 0 aromatic heterocycles. The molecule has 0 bridgehead atoms. The first-order chi connectivity index (χ1) is 9.16. The number of rotatable bonds is 1. The summed E-state index contributed by atoms with van der Waals surface area (Å²) >= 11 is 0. The summed E-state index contributed by atoms with van der Waals surface area (Å²) in [7, 11) is 0. The maximum absolute atomic E-state index is 6.13. The summed E-state index contributed by atoms with van der Waals surface area (Å²) in [6.45, 7) is 8.96. The summed E-state index contributed by atoms with van der Waals surface area (Å²) in [6.07, 6.45) is 2.31. The molecule has 1 saturated heterocycles. The second-order valence-corrected chi connectivity index (χ2v) is 6.26. The molecule has 2 aliphatic heterocycles. The number of nitrogens with one attached hydrogen (secondary N) is 1. The maximum atomic E-state index is 6.13. The SMILES string of the molecule is CC1(C)CC(N2CCCNCC2)c2ccccc2O1. The van der Waals surface area contributed by atoms with Crippen LogP contribution in [-0.2, 0) is 0 Å². The van der Waals surface area contributed by atoms with E-state index in [9.17, 15) is 0 Å². The van der Waals surface area contributed by atoms with Crippen molar-refractivity contribution >= 4 is 0 Å². The summed E-state index contributed by atoms with van der Waals surface area (Å²) in [6, 6.07) is 9.04. The Morgan fingerprint density at radius 3 is 2.95 bits per heavy atom. The van der Waals surface area contributed by atoms with E-state index in [4.69, 9.17) is 4.74 Å². The van der Waals surface area contributed by atoms with Crippen LogP contribution in [0.4, 0.5) is 0 Å². The van der Waals surface area contributed by atoms with Gasteiger partial charge >= 0.3 is 0 Å². The molecule has 1 N–H and O–H groups in total. The number of benzene rings is 1. The molecule has 0 saturated carbocycles. The summed E-state index contributed by atoms with van der Waals surface area (Å²) in [4.78, 5) is 2.63. The highest BCUT2D eigenvalue weighted by atomic mass is 16.5. The molecule has 1 aromatic rings. The van der Waals surface area contributed by atoms with Crippen LogP contribution in [0.5, 0.6) is 5.75 Å². The molecule has 104 valence electrons. The van der Waals surface area contributed by atoms with Crippen molar-refractivity contribution in [1.82, 2.24) is 10.2 Å². The fourth-order valence-electron chi connectivity index (χ4n) is 3.27. The Morgan fingerprint density at radius 2 is 2.05 bits per heavy atom. The Labute approximate surface area is 115 Å². The fraction of sp³-hybridized carbons (Fsp3) is 0.625. The van der Waals surface area contributed by atoms with Crippen LogP contribution in [0.25, 0.3) is 0 Å². The van der Waals surface area contributed by atoms with Gasteiger partial charge in [0.25, 0.3) is 0 Å². The summed E-state index contributed by atoms with van der Waals surface area (Å²) in [5.41, 5.74) is 1.29. The molecule has 1 aromatic carbocycles. The minimum atomic E-state index is -0.0707. The first-order valence-corrected chi connectivity index (χ1v) is 7.38. The van der Waals surface area contributed by atoms with E-state index in [-0.39, 0.29) is 5.60 Å². The molecule has 3 rings (SSSR count). The normalized spacial score (nSPS) is 27.2. The van der Waals surface area contributed by atoms with Gasteiger partial charge in [0, 0.05) is 37.7 Å². The van der Waals surface area contributed by atoms with Crippen LogP contribution in [0.15, 0.2) is 24.3 Å². The second kappa shape index (κ2) is 5.14. The molecule has 0 aliphatic carbocycles. The minimum absolute atomic E-state index is 0.0707. The molecule has 1 unspecified atom stereocenters. The standard InChI is InChI=1S/C16H24N2O/c1-16(2)12-14(18-10-5-8-17-9-11-18)13-6-3-4-7-15(13)19-16/h3-4,6-7,14,17H,5,8-12H2,1-2H3. The van der Waals surface area contributed by atoms with Crippen molar-refractivity contribution in [2.45, 2.75) is 38.3 Å². The molecule has 2 heterocycles. The molecule has 0 radical (unpaired) electrons. The zero-order valence-corrected chi connectivity index (χ0v) is 12.0. The lowest BCUT2D eigenvalue weighted by molar-refractivity contribution is 0.0315. The van der Waals surface area contributed by atoms with Gasteiger partial charge in [-0.05, 0) is 32.9 Å². The van der Waals surface area contributed by atoms with E-state index in [2.05, 4.69) is 48.3 Å². The summed E-state index contributed by atoms with van der Waals surface area (Å²) in [5.74, 6) is 1.07. The molecular weight excluding hydrogens is 236 g/mol. The van der Waals surface area contributed by atoms with Crippen molar-refractivity contribution in [2.24, 2.45) is 0 Å². The Hall–Kier alpha value is -1.06. The van der Waals surface area contributed by atoms with Crippen molar-refractivity contribution < 1.29 is 4.74 Å². The van der Waals surface area contributed by atoms with Gasteiger partial charge in [-0.2, -0.15) is 0 Å². The van der Waals surface area contributed by atoms with Gasteiger partial charge < -0.3 is 10.1 Å². The summed E-state index contributed by atoms with van der Waals surface area (Å²) < 4.78 is 6.13. The lowest BCUT2D eigenvalue weighted by Gasteiger charge is -2.42. The van der Waals surface area contributed by atoms with Crippen LogP contribution in [0.1, 0.15) is 38.3 Å². The van der Waals surface area contributed by atoms with Crippen molar-refractivity contribution in [3.05, 3.63) is 29.8 Å². The largest absolute Gasteiger partial charge is 0.487 e. The van der Waals surface area contributed by atoms with Gasteiger partial charge in [0.1, 0.15) is 11.4 Å². The fourth-order valence-corrected chi connectivity index (χ4v) is 3.27. The van der Waals surface area contributed by atoms with Gasteiger partial charge in [-0.25, -0.2) is 0 Å². The Kier molecular flexibility index (Phi) is 3.50. The first-order valence-electron chi connectivity index (χ1n) is 7.38. The molecule has 1 atom stereocenters. The van der Waals surface area contributed by atoms with E-state index in [1.807, 2.05) is 0 Å².